The molecule has 1 aromatic carbocycles. The number of rotatable bonds is 5. The molecule has 0 radical (unpaired) electrons. The van der Waals surface area contributed by atoms with E-state index in [1.165, 1.54) is 5.56 Å². The summed E-state index contributed by atoms with van der Waals surface area (Å²) < 4.78 is 0.869. The molecule has 0 aliphatic carbocycles. The van der Waals surface area contributed by atoms with E-state index in [0.717, 1.165) is 10.0 Å². The summed E-state index contributed by atoms with van der Waals surface area (Å²) in [4.78, 5) is 13.8. The van der Waals surface area contributed by atoms with E-state index >= 15 is 0 Å². The number of hydrogen-bond donors (Lipinski definition) is 2. The van der Waals surface area contributed by atoms with Crippen LogP contribution in [0, 0.1) is 5.92 Å². The molecule has 1 fully saturated rings. The van der Waals surface area contributed by atoms with E-state index < -0.39 is 12.0 Å². The Kier molecular flexibility index (Phi) is 5.16. The second-order valence-electron chi connectivity index (χ2n) is 5.86. The average Bonchev–Trinajstić information content (AvgIpc) is 3.15. The van der Waals surface area contributed by atoms with Crippen molar-refractivity contribution in [1.29, 1.82) is 0 Å². The zero-order valence-electron chi connectivity index (χ0n) is 12.4. The number of halogens is 1. The molecule has 1 unspecified atom stereocenters. The maximum atomic E-state index is 11.9. The Bertz CT molecular complexity index is 676. The quantitative estimate of drug-likeness (QED) is 0.814. The molecule has 1 saturated heterocycles. The zero-order valence-corrected chi connectivity index (χ0v) is 14.8. The number of likely N-dealkylation sites (tertiary alicyclic amines) is 1. The van der Waals surface area contributed by atoms with Gasteiger partial charge in [-0.05, 0) is 40.1 Å². The first-order valence-electron chi connectivity index (χ1n) is 7.45. The number of benzene rings is 1. The van der Waals surface area contributed by atoms with Crippen LogP contribution in [0.15, 0.2) is 45.6 Å². The summed E-state index contributed by atoms with van der Waals surface area (Å²) in [6.45, 7) is 1.30. The number of carboxylic acids is 1. The highest BCUT2D eigenvalue weighted by Crippen LogP contribution is 2.38. The third-order valence-electron chi connectivity index (χ3n) is 4.44. The number of carboxylic acid groups (broad SMARTS) is 1. The molecule has 0 bridgehead atoms. The van der Waals surface area contributed by atoms with Crippen molar-refractivity contribution in [3.8, 4) is 0 Å². The number of nitrogens with zero attached hydrogens (tertiary/aromatic N) is 1. The van der Waals surface area contributed by atoms with E-state index in [1.807, 2.05) is 34.5 Å². The molecule has 23 heavy (non-hydrogen) atoms. The molecule has 0 amide bonds. The van der Waals surface area contributed by atoms with E-state index in [-0.39, 0.29) is 18.4 Å². The van der Waals surface area contributed by atoms with Crippen LogP contribution >= 0.6 is 27.3 Å². The Morgan fingerprint density at radius 1 is 1.39 bits per heavy atom. The molecular formula is C17H18BrNO3S. The molecule has 6 heteroatoms. The first kappa shape index (κ1) is 16.6. The number of aliphatic hydroxyl groups is 1. The van der Waals surface area contributed by atoms with Crippen LogP contribution in [-0.4, -0.2) is 40.8 Å². The molecule has 1 aliphatic rings. The van der Waals surface area contributed by atoms with Crippen LogP contribution in [0.25, 0.3) is 0 Å². The fourth-order valence-corrected chi connectivity index (χ4v) is 4.49. The van der Waals surface area contributed by atoms with Crippen LogP contribution in [0.4, 0.5) is 0 Å². The maximum absolute atomic E-state index is 11.9. The van der Waals surface area contributed by atoms with E-state index in [1.54, 1.807) is 11.3 Å². The normalized spacial score (nSPS) is 23.0. The molecule has 0 spiro atoms. The Morgan fingerprint density at radius 2 is 2.22 bits per heavy atom. The van der Waals surface area contributed by atoms with Gasteiger partial charge in [0.05, 0.1) is 0 Å². The predicted octanol–water partition coefficient (Wildman–Crippen LogP) is 3.34. The molecule has 1 aromatic heterocycles. The summed E-state index contributed by atoms with van der Waals surface area (Å²) in [5.74, 6) is -0.607. The molecule has 2 aromatic rings. The number of thiophene rings is 1. The van der Waals surface area contributed by atoms with Gasteiger partial charge in [-0.2, -0.15) is 11.3 Å². The van der Waals surface area contributed by atoms with Gasteiger partial charge in [-0.3, -0.25) is 9.69 Å². The second kappa shape index (κ2) is 7.13. The lowest BCUT2D eigenvalue weighted by molar-refractivity contribution is -0.143. The molecule has 4 nitrogen and oxygen atoms in total. The van der Waals surface area contributed by atoms with E-state index in [9.17, 15) is 15.0 Å². The highest BCUT2D eigenvalue weighted by molar-refractivity contribution is 9.10. The minimum absolute atomic E-state index is 0.0682. The van der Waals surface area contributed by atoms with Gasteiger partial charge >= 0.3 is 5.97 Å². The van der Waals surface area contributed by atoms with Gasteiger partial charge < -0.3 is 10.2 Å². The summed E-state index contributed by atoms with van der Waals surface area (Å²) in [7, 11) is 0. The van der Waals surface area contributed by atoms with E-state index in [4.69, 9.17) is 0 Å². The van der Waals surface area contributed by atoms with Gasteiger partial charge in [0.15, 0.2) is 0 Å². The topological polar surface area (TPSA) is 60.8 Å². The molecular weight excluding hydrogens is 378 g/mol. The van der Waals surface area contributed by atoms with Gasteiger partial charge in [0.2, 0.25) is 0 Å². The third-order valence-corrected chi connectivity index (χ3v) is 5.63. The summed E-state index contributed by atoms with van der Waals surface area (Å²) in [5, 5.41) is 23.6. The van der Waals surface area contributed by atoms with Gasteiger partial charge in [0.1, 0.15) is 6.04 Å². The molecule has 1 aliphatic heterocycles. The average molecular weight is 396 g/mol. The molecule has 3 rings (SSSR count). The highest BCUT2D eigenvalue weighted by Gasteiger charge is 2.39. The zero-order chi connectivity index (χ0) is 16.4. The largest absolute Gasteiger partial charge is 0.480 e. The highest BCUT2D eigenvalue weighted by atomic mass is 79.9. The molecule has 0 saturated carbocycles. The van der Waals surface area contributed by atoms with Crippen LogP contribution in [0.3, 0.4) is 0 Å². The Morgan fingerprint density at radius 3 is 2.83 bits per heavy atom. The minimum atomic E-state index is -0.856. The van der Waals surface area contributed by atoms with Gasteiger partial charge in [0, 0.05) is 36.0 Å². The van der Waals surface area contributed by atoms with Crippen molar-refractivity contribution in [2.24, 2.45) is 5.92 Å². The summed E-state index contributed by atoms with van der Waals surface area (Å²) >= 11 is 5.04. The van der Waals surface area contributed by atoms with E-state index in [0.29, 0.717) is 13.1 Å². The minimum Gasteiger partial charge on any atom is -0.480 e. The van der Waals surface area contributed by atoms with Crippen molar-refractivity contribution in [2.75, 3.05) is 19.7 Å². The Labute approximate surface area is 147 Å². The predicted molar refractivity (Wildman–Crippen MR) is 93.7 cm³/mol. The van der Waals surface area contributed by atoms with Gasteiger partial charge in [-0.25, -0.2) is 0 Å². The fourth-order valence-electron chi connectivity index (χ4n) is 3.35. The smallest absolute Gasteiger partial charge is 0.325 e. The number of carbonyl (C=O) groups is 1. The third kappa shape index (κ3) is 3.50. The van der Waals surface area contributed by atoms with Crippen molar-refractivity contribution >= 4 is 33.2 Å². The number of hydrogen-bond acceptors (Lipinski definition) is 4. The fraction of sp³-hybridized carbons (Fsp3) is 0.353. The number of aliphatic hydroxyl groups excluding tert-OH is 1. The maximum Gasteiger partial charge on any atom is 0.325 e. The van der Waals surface area contributed by atoms with Gasteiger partial charge in [-0.1, -0.05) is 28.1 Å². The first-order valence-corrected chi connectivity index (χ1v) is 9.19. The Balaban J connectivity index is 1.88. The molecule has 2 N–H and O–H groups in total. The van der Waals surface area contributed by atoms with Gasteiger partial charge in [0.25, 0.3) is 0 Å². The molecule has 2 heterocycles. The van der Waals surface area contributed by atoms with Crippen molar-refractivity contribution in [3.05, 3.63) is 56.7 Å². The number of aliphatic carboxylic acids is 1. The van der Waals surface area contributed by atoms with Crippen LogP contribution < -0.4 is 0 Å². The lowest BCUT2D eigenvalue weighted by Crippen LogP contribution is -2.32. The van der Waals surface area contributed by atoms with Crippen LogP contribution in [-0.2, 0) is 4.79 Å². The second-order valence-corrected chi connectivity index (χ2v) is 7.55. The lowest BCUT2D eigenvalue weighted by Gasteiger charge is -2.25. The standard InChI is InChI=1S/C17H18BrNO3S/c18-14-3-1-2-11(6-14)16(17(21)22)19-7-13(9-20)15(8-19)12-4-5-23-10-12/h1-6,10,13,15-16,20H,7-9H2,(H,21,22)/t13-,15-,16?/m0/s1. The van der Waals surface area contributed by atoms with Crippen molar-refractivity contribution in [3.63, 3.8) is 0 Å². The lowest BCUT2D eigenvalue weighted by atomic mass is 9.91. The van der Waals surface area contributed by atoms with Crippen LogP contribution in [0.5, 0.6) is 0 Å². The summed E-state index contributed by atoms with van der Waals surface area (Å²) in [6.07, 6.45) is 0. The van der Waals surface area contributed by atoms with E-state index in [2.05, 4.69) is 27.4 Å². The summed E-state index contributed by atoms with van der Waals surface area (Å²) in [6, 6.07) is 8.81. The van der Waals surface area contributed by atoms with Crippen LogP contribution in [0.1, 0.15) is 23.1 Å². The van der Waals surface area contributed by atoms with Crippen molar-refractivity contribution in [1.82, 2.24) is 4.90 Å². The van der Waals surface area contributed by atoms with Crippen LogP contribution in [0.2, 0.25) is 0 Å². The Hall–Kier alpha value is -1.21. The van der Waals surface area contributed by atoms with Crippen molar-refractivity contribution in [2.45, 2.75) is 12.0 Å². The van der Waals surface area contributed by atoms with Crippen molar-refractivity contribution < 1.29 is 15.0 Å². The monoisotopic (exact) mass is 395 g/mol. The van der Waals surface area contributed by atoms with Gasteiger partial charge in [-0.15, -0.1) is 0 Å². The molecule has 3 atom stereocenters. The first-order chi connectivity index (χ1) is 11.1. The summed E-state index contributed by atoms with van der Waals surface area (Å²) in [5.41, 5.74) is 1.95. The molecule has 122 valence electrons. The SMILES string of the molecule is O=C(O)C(c1cccc(Br)c1)N1C[C@@H](CO)[C@H](c2ccsc2)C1.